The topological polar surface area (TPSA) is 35.2 Å². The third kappa shape index (κ3) is 2.42. The van der Waals surface area contributed by atoms with Gasteiger partial charge in [0.2, 0.25) is 0 Å². The van der Waals surface area contributed by atoms with Gasteiger partial charge < -0.3 is 10.5 Å². The summed E-state index contributed by atoms with van der Waals surface area (Å²) in [5.74, 6) is 0. The van der Waals surface area contributed by atoms with Gasteiger partial charge in [0.15, 0.2) is 0 Å². The summed E-state index contributed by atoms with van der Waals surface area (Å²) in [4.78, 5) is 0.582. The number of hydrogen-bond donors (Lipinski definition) is 1. The summed E-state index contributed by atoms with van der Waals surface area (Å²) in [6, 6.07) is 0. The van der Waals surface area contributed by atoms with Gasteiger partial charge in [0.25, 0.3) is 0 Å². The monoisotopic (exact) mass is 187 g/mol. The number of nitrogens with two attached hydrogens (primary N) is 1. The molecule has 1 rings (SSSR count). The van der Waals surface area contributed by atoms with Crippen LogP contribution in [-0.2, 0) is 4.74 Å². The highest BCUT2D eigenvalue weighted by Crippen LogP contribution is 2.31. The SMILES string of the molecule is CCC1(CC(N)=S)CCCCO1. The van der Waals surface area contributed by atoms with Crippen molar-refractivity contribution >= 4 is 17.2 Å². The molecule has 0 radical (unpaired) electrons. The second kappa shape index (κ2) is 4.19. The number of thiocarbonyl (C=S) groups is 1. The molecule has 0 aromatic carbocycles. The minimum Gasteiger partial charge on any atom is -0.393 e. The molecule has 1 heterocycles. The summed E-state index contributed by atoms with van der Waals surface area (Å²) < 4.78 is 5.76. The van der Waals surface area contributed by atoms with Gasteiger partial charge >= 0.3 is 0 Å². The van der Waals surface area contributed by atoms with E-state index in [9.17, 15) is 0 Å². The van der Waals surface area contributed by atoms with Gasteiger partial charge in [-0.15, -0.1) is 0 Å². The normalized spacial score (nSPS) is 30.1. The molecular weight excluding hydrogens is 170 g/mol. The van der Waals surface area contributed by atoms with Gasteiger partial charge in [-0.3, -0.25) is 0 Å². The third-order valence-electron chi connectivity index (χ3n) is 2.58. The Hall–Kier alpha value is -0.150. The Morgan fingerprint density at radius 2 is 2.33 bits per heavy atom. The Labute approximate surface area is 79.5 Å². The molecule has 1 unspecified atom stereocenters. The van der Waals surface area contributed by atoms with Crippen LogP contribution in [0.4, 0.5) is 0 Å². The fourth-order valence-corrected chi connectivity index (χ4v) is 2.03. The van der Waals surface area contributed by atoms with Crippen molar-refractivity contribution in [3.8, 4) is 0 Å². The van der Waals surface area contributed by atoms with Crippen LogP contribution in [0.3, 0.4) is 0 Å². The third-order valence-corrected chi connectivity index (χ3v) is 2.72. The Morgan fingerprint density at radius 3 is 2.75 bits per heavy atom. The Morgan fingerprint density at radius 1 is 1.58 bits per heavy atom. The van der Waals surface area contributed by atoms with Gasteiger partial charge in [0.1, 0.15) is 0 Å². The predicted molar refractivity (Wildman–Crippen MR) is 54.2 cm³/mol. The average Bonchev–Trinajstić information content (AvgIpc) is 2.05. The maximum Gasteiger partial charge on any atom is 0.0756 e. The van der Waals surface area contributed by atoms with Crippen molar-refractivity contribution in [2.45, 2.75) is 44.6 Å². The molecule has 70 valence electrons. The lowest BCUT2D eigenvalue weighted by Crippen LogP contribution is -2.39. The molecule has 12 heavy (non-hydrogen) atoms. The standard InChI is InChI=1S/C9H17NOS/c1-2-9(7-8(10)12)5-3-4-6-11-9/h2-7H2,1H3,(H2,10,12). The van der Waals surface area contributed by atoms with E-state index in [1.165, 1.54) is 12.8 Å². The minimum absolute atomic E-state index is 0.0237. The lowest BCUT2D eigenvalue weighted by Gasteiger charge is -2.36. The second-order valence-corrected chi connectivity index (χ2v) is 4.01. The minimum atomic E-state index is -0.0237. The maximum atomic E-state index is 5.76. The highest BCUT2D eigenvalue weighted by Gasteiger charge is 2.31. The molecule has 1 aliphatic rings. The molecule has 0 amide bonds. The van der Waals surface area contributed by atoms with Crippen molar-refractivity contribution in [1.82, 2.24) is 0 Å². The first-order chi connectivity index (χ1) is 5.68. The molecule has 2 N–H and O–H groups in total. The lowest BCUT2D eigenvalue weighted by atomic mass is 9.88. The first kappa shape index (κ1) is 9.93. The summed E-state index contributed by atoms with van der Waals surface area (Å²) >= 11 is 4.91. The fourth-order valence-electron chi connectivity index (χ4n) is 1.77. The van der Waals surface area contributed by atoms with E-state index in [1.54, 1.807) is 0 Å². The van der Waals surface area contributed by atoms with E-state index in [4.69, 9.17) is 22.7 Å². The summed E-state index contributed by atoms with van der Waals surface area (Å²) in [7, 11) is 0. The molecular formula is C9H17NOS. The first-order valence-electron chi connectivity index (χ1n) is 4.61. The molecule has 2 nitrogen and oxygen atoms in total. The fraction of sp³-hybridized carbons (Fsp3) is 0.889. The molecule has 3 heteroatoms. The maximum absolute atomic E-state index is 5.76. The van der Waals surface area contributed by atoms with Crippen molar-refractivity contribution in [3.63, 3.8) is 0 Å². The van der Waals surface area contributed by atoms with E-state index in [1.807, 2.05) is 0 Å². The first-order valence-corrected chi connectivity index (χ1v) is 5.02. The largest absolute Gasteiger partial charge is 0.393 e. The molecule has 0 saturated carbocycles. The van der Waals surface area contributed by atoms with E-state index in [0.29, 0.717) is 4.99 Å². The molecule has 1 saturated heterocycles. The lowest BCUT2D eigenvalue weighted by molar-refractivity contribution is -0.0751. The Bertz CT molecular complexity index is 164. The molecule has 0 spiro atoms. The van der Waals surface area contributed by atoms with Gasteiger partial charge in [0, 0.05) is 13.0 Å². The Kier molecular flexibility index (Phi) is 3.47. The van der Waals surface area contributed by atoms with Crippen LogP contribution in [0.25, 0.3) is 0 Å². The molecule has 0 bridgehead atoms. The average molecular weight is 187 g/mol. The molecule has 1 aliphatic heterocycles. The van der Waals surface area contributed by atoms with Crippen molar-refractivity contribution in [2.75, 3.05) is 6.61 Å². The second-order valence-electron chi connectivity index (χ2n) is 3.49. The number of hydrogen-bond acceptors (Lipinski definition) is 2. The van der Waals surface area contributed by atoms with E-state index in [2.05, 4.69) is 6.92 Å². The van der Waals surface area contributed by atoms with E-state index in [0.717, 1.165) is 25.9 Å². The molecule has 0 aromatic heterocycles. The quantitative estimate of drug-likeness (QED) is 0.686. The zero-order valence-electron chi connectivity index (χ0n) is 7.64. The van der Waals surface area contributed by atoms with Crippen LogP contribution < -0.4 is 5.73 Å². The van der Waals surface area contributed by atoms with Gasteiger partial charge in [-0.1, -0.05) is 19.1 Å². The van der Waals surface area contributed by atoms with Crippen LogP contribution in [0.1, 0.15) is 39.0 Å². The van der Waals surface area contributed by atoms with Crippen LogP contribution in [0.15, 0.2) is 0 Å². The van der Waals surface area contributed by atoms with Crippen LogP contribution in [0, 0.1) is 0 Å². The van der Waals surface area contributed by atoms with E-state index >= 15 is 0 Å². The van der Waals surface area contributed by atoms with E-state index in [-0.39, 0.29) is 5.60 Å². The highest BCUT2D eigenvalue weighted by atomic mass is 32.1. The van der Waals surface area contributed by atoms with Crippen LogP contribution >= 0.6 is 12.2 Å². The summed E-state index contributed by atoms with van der Waals surface area (Å²) in [5.41, 5.74) is 5.51. The van der Waals surface area contributed by atoms with Crippen LogP contribution in [0.5, 0.6) is 0 Å². The van der Waals surface area contributed by atoms with Gasteiger partial charge in [-0.25, -0.2) is 0 Å². The van der Waals surface area contributed by atoms with Crippen molar-refractivity contribution in [3.05, 3.63) is 0 Å². The smallest absolute Gasteiger partial charge is 0.0756 e. The molecule has 0 aromatic rings. The van der Waals surface area contributed by atoms with Gasteiger partial charge in [-0.2, -0.15) is 0 Å². The summed E-state index contributed by atoms with van der Waals surface area (Å²) in [6.07, 6.45) is 5.31. The summed E-state index contributed by atoms with van der Waals surface area (Å²) in [5, 5.41) is 0. The zero-order valence-corrected chi connectivity index (χ0v) is 8.45. The van der Waals surface area contributed by atoms with Crippen LogP contribution in [0.2, 0.25) is 0 Å². The molecule has 0 aliphatic carbocycles. The predicted octanol–water partition coefficient (Wildman–Crippen LogP) is 2.01. The van der Waals surface area contributed by atoms with Crippen molar-refractivity contribution < 1.29 is 4.74 Å². The zero-order chi connectivity index (χ0) is 9.03. The van der Waals surface area contributed by atoms with E-state index < -0.39 is 0 Å². The number of rotatable bonds is 3. The van der Waals surface area contributed by atoms with Gasteiger partial charge in [-0.05, 0) is 25.7 Å². The van der Waals surface area contributed by atoms with Gasteiger partial charge in [0.05, 0.1) is 10.6 Å². The highest BCUT2D eigenvalue weighted by molar-refractivity contribution is 7.80. The number of ether oxygens (including phenoxy) is 1. The molecule has 1 atom stereocenters. The van der Waals surface area contributed by atoms with Crippen molar-refractivity contribution in [2.24, 2.45) is 5.73 Å². The molecule has 1 fully saturated rings. The van der Waals surface area contributed by atoms with Crippen molar-refractivity contribution in [1.29, 1.82) is 0 Å². The van der Waals surface area contributed by atoms with Crippen LogP contribution in [-0.4, -0.2) is 17.2 Å². The Balaban J connectivity index is 2.53. The summed E-state index contributed by atoms with van der Waals surface area (Å²) in [6.45, 7) is 3.01.